The molecule has 0 fully saturated rings. The molecule has 0 spiro atoms. The molecule has 0 saturated carbocycles. The molecule has 2 aromatic heterocycles. The monoisotopic (exact) mass is 492 g/mol. The first kappa shape index (κ1) is 18.3. The van der Waals surface area contributed by atoms with Gasteiger partial charge < -0.3 is 0 Å². The van der Waals surface area contributed by atoms with Crippen molar-refractivity contribution in [2.75, 3.05) is 0 Å². The van der Waals surface area contributed by atoms with Crippen LogP contribution >= 0.6 is 0 Å². The Bertz CT molecular complexity index is 1180. The average Bonchev–Trinajstić information content (AvgIpc) is 3.19. The number of carboxylic acid groups (broad SMARTS) is 1. The zero-order valence-corrected chi connectivity index (χ0v) is 18.1. The van der Waals surface area contributed by atoms with Crippen molar-refractivity contribution in [1.29, 1.82) is 0 Å². The van der Waals surface area contributed by atoms with Gasteiger partial charge in [-0.25, -0.2) is 0 Å². The van der Waals surface area contributed by atoms with Crippen LogP contribution in [0.25, 0.3) is 30.4 Å². The van der Waals surface area contributed by atoms with Crippen LogP contribution in [0.5, 0.6) is 0 Å². The van der Waals surface area contributed by atoms with E-state index < -0.39 is 5.97 Å². The normalized spacial score (nSPS) is 11.4. The van der Waals surface area contributed by atoms with Gasteiger partial charge in [0.25, 0.3) is 0 Å². The number of carboxylic acids is 1. The summed E-state index contributed by atoms with van der Waals surface area (Å²) in [6.07, 6.45) is -0.223. The van der Waals surface area contributed by atoms with Crippen LogP contribution in [0.2, 0.25) is 0 Å². The van der Waals surface area contributed by atoms with E-state index in [1.54, 1.807) is 0 Å². The zero-order chi connectivity index (χ0) is 19.1. The summed E-state index contributed by atoms with van der Waals surface area (Å²) >= 11 is -0.499. The molecule has 2 aromatic carbocycles. The molecule has 0 aliphatic heterocycles. The van der Waals surface area contributed by atoms with Gasteiger partial charge in [0.2, 0.25) is 0 Å². The zero-order valence-electron chi connectivity index (χ0n) is 14.7. The van der Waals surface area contributed by atoms with Gasteiger partial charge in [0, 0.05) is 0 Å². The number of esters is 1. The van der Waals surface area contributed by atoms with Crippen LogP contribution in [0.3, 0.4) is 0 Å². The van der Waals surface area contributed by atoms with E-state index in [2.05, 4.69) is 0 Å². The van der Waals surface area contributed by atoms with E-state index in [0.29, 0.717) is 14.4 Å². The Morgan fingerprint density at radius 2 is 1.33 bits per heavy atom. The number of fused-ring (bicyclic) bond motifs is 2. The number of rotatable bonds is 4. The van der Waals surface area contributed by atoms with Gasteiger partial charge in [-0.3, -0.25) is 0 Å². The second kappa shape index (κ2) is 7.14. The van der Waals surface area contributed by atoms with E-state index in [4.69, 9.17) is 4.74 Å². The molecule has 0 radical (unpaired) electrons. The summed E-state index contributed by atoms with van der Waals surface area (Å²) in [4.78, 5) is 24.9. The third kappa shape index (κ3) is 3.19. The first-order chi connectivity index (χ1) is 13.0. The molecule has 4 nitrogen and oxygen atoms in total. The quantitative estimate of drug-likeness (QED) is 0.347. The van der Waals surface area contributed by atoms with E-state index in [0.717, 1.165) is 24.9 Å². The number of carbonyl (C=O) groups is 2. The second-order valence-electron chi connectivity index (χ2n) is 6.36. The molecule has 0 saturated heterocycles. The Morgan fingerprint density at radius 3 is 1.85 bits per heavy atom. The molecule has 4 aromatic rings. The predicted octanol–water partition coefficient (Wildman–Crippen LogP) is 4.04. The summed E-state index contributed by atoms with van der Waals surface area (Å²) in [7, 11) is 0. The Hall–Kier alpha value is -2.10. The van der Waals surface area contributed by atoms with Gasteiger partial charge in [-0.1, -0.05) is 0 Å². The molecule has 0 amide bonds. The maximum atomic E-state index is 12.9. The molecular weight excluding hydrogens is 474 g/mol. The molecule has 0 bridgehead atoms. The van der Waals surface area contributed by atoms with Crippen LogP contribution in [-0.2, 0) is 4.74 Å². The fourth-order valence-electron chi connectivity index (χ4n) is 3.15. The molecule has 2 heterocycles. The van der Waals surface area contributed by atoms with E-state index >= 15 is 0 Å². The third-order valence-electron chi connectivity index (χ3n) is 4.16. The minimum absolute atomic E-state index is 0.209. The van der Waals surface area contributed by atoms with Gasteiger partial charge in [0.1, 0.15) is 0 Å². The van der Waals surface area contributed by atoms with Crippen LogP contribution in [0.4, 0.5) is 0 Å². The van der Waals surface area contributed by atoms with Crippen LogP contribution in [-0.4, -0.2) is 52.2 Å². The van der Waals surface area contributed by atoms with E-state index in [1.165, 1.54) is 0 Å². The summed E-state index contributed by atoms with van der Waals surface area (Å²) < 4.78 is 8.63. The summed E-state index contributed by atoms with van der Waals surface area (Å²) in [5, 5.41) is 11.7. The van der Waals surface area contributed by atoms with Crippen molar-refractivity contribution in [2.24, 2.45) is 0 Å². The van der Waals surface area contributed by atoms with Crippen LogP contribution in [0, 0.1) is 0 Å². The molecule has 6 heteroatoms. The maximum absolute atomic E-state index is 12.9. The van der Waals surface area contributed by atoms with Gasteiger partial charge >= 0.3 is 168 Å². The van der Waals surface area contributed by atoms with Crippen molar-refractivity contribution in [3.05, 3.63) is 57.4 Å². The molecule has 0 aliphatic carbocycles. The molecule has 0 aliphatic rings. The standard InChI is InChI=1S/C21H16O4Se2/c1-11(2)25-21(24)19-17(13-8-4-6-10-15(13)27-19)16-12-7-3-5-9-14(12)26-18(16)20(22)23/h3-11H,1-2H3,(H,22,23). The Balaban J connectivity index is 2.10. The molecular formula is C21H16O4Se2. The Labute approximate surface area is 167 Å². The van der Waals surface area contributed by atoms with Crippen LogP contribution < -0.4 is 0 Å². The Morgan fingerprint density at radius 1 is 0.852 bits per heavy atom. The molecule has 27 heavy (non-hydrogen) atoms. The molecule has 0 atom stereocenters. The number of benzene rings is 2. The topological polar surface area (TPSA) is 63.6 Å². The Kier molecular flexibility index (Phi) is 4.83. The second-order valence-corrected chi connectivity index (χ2v) is 10.8. The fraction of sp³-hybridized carbons (Fsp3) is 0.143. The number of ether oxygens (including phenoxy) is 1. The number of hydrogen-bond donors (Lipinski definition) is 1. The van der Waals surface area contributed by atoms with Gasteiger partial charge in [0.05, 0.1) is 0 Å². The number of carbonyl (C=O) groups excluding carboxylic acids is 1. The SMILES string of the molecule is CC(C)OC(=O)c1[se]c2ccccc2c1-c1c(C(=O)O)[se]c2ccccc12. The van der Waals surface area contributed by atoms with Crippen LogP contribution in [0.15, 0.2) is 48.5 Å². The van der Waals surface area contributed by atoms with E-state index in [9.17, 15) is 14.7 Å². The average molecular weight is 490 g/mol. The van der Waals surface area contributed by atoms with Crippen molar-refractivity contribution in [1.82, 2.24) is 0 Å². The third-order valence-corrected chi connectivity index (χ3v) is 9.01. The van der Waals surface area contributed by atoms with Crippen molar-refractivity contribution in [3.8, 4) is 11.1 Å². The molecule has 1 N–H and O–H groups in total. The van der Waals surface area contributed by atoms with Gasteiger partial charge in [-0.05, 0) is 0 Å². The van der Waals surface area contributed by atoms with E-state index in [-0.39, 0.29) is 41.1 Å². The van der Waals surface area contributed by atoms with Crippen molar-refractivity contribution in [2.45, 2.75) is 20.0 Å². The predicted molar refractivity (Wildman–Crippen MR) is 108 cm³/mol. The first-order valence-corrected chi connectivity index (χ1v) is 11.9. The van der Waals surface area contributed by atoms with E-state index in [1.807, 2.05) is 62.4 Å². The van der Waals surface area contributed by atoms with Crippen molar-refractivity contribution >= 4 is 60.2 Å². The number of hydrogen-bond acceptors (Lipinski definition) is 3. The fourth-order valence-corrected chi connectivity index (χ4v) is 7.64. The van der Waals surface area contributed by atoms with Gasteiger partial charge in [-0.2, -0.15) is 0 Å². The number of aromatic carboxylic acids is 1. The summed E-state index contributed by atoms with van der Waals surface area (Å²) in [6.45, 7) is 3.65. The van der Waals surface area contributed by atoms with Gasteiger partial charge in [-0.15, -0.1) is 0 Å². The van der Waals surface area contributed by atoms with Crippen molar-refractivity contribution < 1.29 is 19.4 Å². The summed E-state index contributed by atoms with van der Waals surface area (Å²) in [5.41, 5.74) is 1.45. The van der Waals surface area contributed by atoms with Crippen molar-refractivity contribution in [3.63, 3.8) is 0 Å². The minimum atomic E-state index is -0.915. The molecule has 136 valence electrons. The summed E-state index contributed by atoms with van der Waals surface area (Å²) in [5.74, 6) is -1.26. The summed E-state index contributed by atoms with van der Waals surface area (Å²) in [6, 6.07) is 15.6. The molecule has 4 rings (SSSR count). The first-order valence-electron chi connectivity index (χ1n) is 8.45. The molecule has 0 unspecified atom stereocenters. The van der Waals surface area contributed by atoms with Gasteiger partial charge in [0.15, 0.2) is 0 Å². The van der Waals surface area contributed by atoms with Crippen LogP contribution in [0.1, 0.15) is 32.3 Å².